The van der Waals surface area contributed by atoms with Crippen LogP contribution in [0.1, 0.15) is 0 Å². The molecule has 108 valence electrons. The number of hydrogen-bond donors (Lipinski definition) is 0. The number of nitrogens with zero attached hydrogens (tertiary/aromatic N) is 3. The van der Waals surface area contributed by atoms with Crippen molar-refractivity contribution in [2.24, 2.45) is 4.52 Å². The molecule has 0 N–H and O–H groups in total. The summed E-state index contributed by atoms with van der Waals surface area (Å²) < 4.78 is 25.3. The van der Waals surface area contributed by atoms with E-state index in [1.54, 1.807) is 30.3 Å². The van der Waals surface area contributed by atoms with E-state index in [1.165, 1.54) is 0 Å². The fourth-order valence-corrected chi connectivity index (χ4v) is 13.7. The number of para-hydroxylation sites is 1. The van der Waals surface area contributed by atoms with E-state index in [0.717, 1.165) is 0 Å². The molecule has 1 aromatic rings. The Morgan fingerprint density at radius 2 is 1.84 bits per heavy atom. The average Bonchev–Trinajstić information content (AvgIpc) is 2.36. The third-order valence-electron chi connectivity index (χ3n) is 1.98. The fraction of sp³-hybridized carbons (Fsp3) is 0. The van der Waals surface area contributed by atoms with Crippen molar-refractivity contribution in [2.75, 3.05) is 0 Å². The quantitative estimate of drug-likeness (QED) is 0.369. The molecule has 0 bridgehead atoms. The van der Waals surface area contributed by atoms with Crippen LogP contribution in [0.3, 0.4) is 0 Å². The summed E-state index contributed by atoms with van der Waals surface area (Å²) >= 11 is 29.3. The van der Waals surface area contributed by atoms with Gasteiger partial charge in [-0.3, -0.25) is 0 Å². The van der Waals surface area contributed by atoms with Gasteiger partial charge in [0.05, 0.1) is 0 Å². The summed E-state index contributed by atoms with van der Waals surface area (Å²) in [7, 11) is -6.43. The van der Waals surface area contributed by atoms with Gasteiger partial charge in [-0.05, 0) is 0 Å². The van der Waals surface area contributed by atoms with Crippen LogP contribution < -0.4 is 4.52 Å². The van der Waals surface area contributed by atoms with Crippen LogP contribution in [-0.4, -0.2) is 7.92 Å². The third kappa shape index (κ3) is 3.43. The second kappa shape index (κ2) is 6.26. The molecule has 1 unspecified atom stereocenters. The van der Waals surface area contributed by atoms with Crippen LogP contribution in [-0.2, 0) is 0 Å². The van der Waals surface area contributed by atoms with Gasteiger partial charge in [0.15, 0.2) is 0 Å². The summed E-state index contributed by atoms with van der Waals surface area (Å²) in [5.41, 5.74) is 0. The molecule has 1 heterocycles. The Morgan fingerprint density at radius 1 is 1.26 bits per heavy atom. The van der Waals surface area contributed by atoms with E-state index in [2.05, 4.69) is 4.52 Å². The van der Waals surface area contributed by atoms with Crippen molar-refractivity contribution in [3.8, 4) is 5.75 Å². The molecule has 0 spiro atoms. The molecule has 0 radical (unpaired) electrons. The van der Waals surface area contributed by atoms with Crippen molar-refractivity contribution < 1.29 is 8.72 Å². The average molecular weight is 425 g/mol. The Morgan fingerprint density at radius 3 is 2.42 bits per heavy atom. The molecular weight excluding hydrogens is 419 g/mol. The van der Waals surface area contributed by atoms with Gasteiger partial charge in [-0.25, -0.2) is 0 Å². The molecule has 0 saturated carbocycles. The van der Waals surface area contributed by atoms with Gasteiger partial charge in [-0.2, -0.15) is 0 Å². The predicted molar refractivity (Wildman–Crippen MR) is 85.7 cm³/mol. The minimum absolute atomic E-state index is 0.239. The molecule has 2 rings (SSSR count). The molecular formula is C6H6Cl5FN3OP3. The van der Waals surface area contributed by atoms with Gasteiger partial charge in [-0.15, -0.1) is 0 Å². The Labute approximate surface area is 135 Å². The monoisotopic (exact) mass is 423 g/mol. The van der Waals surface area contributed by atoms with Crippen LogP contribution in [0.2, 0.25) is 0 Å². The zero-order valence-corrected chi connectivity index (χ0v) is 15.4. The van der Waals surface area contributed by atoms with Gasteiger partial charge >= 0.3 is 136 Å². The second-order valence-electron chi connectivity index (χ2n) is 3.25. The first-order chi connectivity index (χ1) is 8.77. The van der Waals surface area contributed by atoms with Gasteiger partial charge in [0, 0.05) is 0 Å². The normalized spacial score (nSPS) is 28.4. The number of benzene rings is 1. The van der Waals surface area contributed by atoms with E-state index in [0.29, 0.717) is 7.92 Å². The van der Waals surface area contributed by atoms with Crippen LogP contribution in [0.4, 0.5) is 4.20 Å². The van der Waals surface area contributed by atoms with Crippen LogP contribution in [0.5, 0.6) is 5.75 Å². The van der Waals surface area contributed by atoms with Gasteiger partial charge in [-0.1, -0.05) is 0 Å². The molecule has 1 aromatic carbocycles. The van der Waals surface area contributed by atoms with Gasteiger partial charge < -0.3 is 0 Å². The first-order valence-electron chi connectivity index (χ1n) is 4.60. The van der Waals surface area contributed by atoms with E-state index < -0.39 is 21.6 Å². The van der Waals surface area contributed by atoms with E-state index in [-0.39, 0.29) is 5.75 Å². The third-order valence-corrected chi connectivity index (χ3v) is 15.8. The van der Waals surface area contributed by atoms with Gasteiger partial charge in [0.2, 0.25) is 0 Å². The first kappa shape index (κ1) is 16.8. The Hall–Kier alpha value is 1.41. The van der Waals surface area contributed by atoms with E-state index in [4.69, 9.17) is 61.8 Å². The van der Waals surface area contributed by atoms with Crippen molar-refractivity contribution in [3.63, 3.8) is 0 Å². The Balaban J connectivity index is 2.38. The molecule has 0 aromatic heterocycles. The number of rotatable bonds is 2. The van der Waals surface area contributed by atoms with E-state index in [9.17, 15) is 0 Å². The van der Waals surface area contributed by atoms with Crippen LogP contribution in [0.25, 0.3) is 0 Å². The molecule has 1 aliphatic heterocycles. The molecule has 4 nitrogen and oxygen atoms in total. The van der Waals surface area contributed by atoms with E-state index >= 15 is 4.20 Å². The molecule has 13 heteroatoms. The topological polar surface area (TPSA) is 28.1 Å². The second-order valence-corrected chi connectivity index (χ2v) is 15.0. The Kier molecular flexibility index (Phi) is 5.53. The van der Waals surface area contributed by atoms with Crippen LogP contribution in [0.15, 0.2) is 34.8 Å². The molecule has 0 fully saturated rings. The number of halogens is 6. The summed E-state index contributed by atoms with van der Waals surface area (Å²) in [5.74, 6) is -3.04. The zero-order chi connectivity index (χ0) is 14.3. The maximum absolute atomic E-state index is 15.0. The minimum atomic E-state index is -4.50. The molecule has 1 atom stereocenters. The van der Waals surface area contributed by atoms with Gasteiger partial charge in [0.25, 0.3) is 0 Å². The molecule has 0 aliphatic carbocycles. The summed E-state index contributed by atoms with van der Waals surface area (Å²) in [6, 6.07) is 8.19. The van der Waals surface area contributed by atoms with Crippen LogP contribution in [0, 0.1) is 0 Å². The zero-order valence-electron chi connectivity index (χ0n) is 8.80. The molecule has 19 heavy (non-hydrogen) atoms. The summed E-state index contributed by atoms with van der Waals surface area (Å²) in [6.45, 7) is 0. The first-order valence-corrected chi connectivity index (χ1v) is 12.6. The van der Waals surface area contributed by atoms with Gasteiger partial charge in [0.1, 0.15) is 0 Å². The fourth-order valence-electron chi connectivity index (χ4n) is 1.19. The maximum atomic E-state index is 15.0. The predicted octanol–water partition coefficient (Wildman–Crippen LogP) is 7.26. The summed E-state index contributed by atoms with van der Waals surface area (Å²) in [6.07, 6.45) is 0. The Bertz CT molecular complexity index is 520. The van der Waals surface area contributed by atoms with E-state index in [1.807, 2.05) is 0 Å². The van der Waals surface area contributed by atoms with Crippen LogP contribution >= 0.6 is 78.9 Å². The van der Waals surface area contributed by atoms with Crippen molar-refractivity contribution in [1.29, 1.82) is 0 Å². The SMILES string of the molecule is F[PH]1(Oc2ccccc2)N(Cl)P(Cl)N=P(Cl)(Cl)N1Cl. The molecule has 0 amide bonds. The molecule has 0 saturated heterocycles. The summed E-state index contributed by atoms with van der Waals surface area (Å²) in [4.78, 5) is 0. The van der Waals surface area contributed by atoms with Crippen molar-refractivity contribution in [2.45, 2.75) is 0 Å². The van der Waals surface area contributed by atoms with Crippen molar-refractivity contribution >= 4 is 78.9 Å². The number of hydrogen-bond acceptors (Lipinski definition) is 4. The van der Waals surface area contributed by atoms with Crippen molar-refractivity contribution in [3.05, 3.63) is 30.3 Å². The van der Waals surface area contributed by atoms with Crippen molar-refractivity contribution in [1.82, 2.24) is 7.92 Å². The molecule has 1 aliphatic rings. The standard InChI is InChI=1S/C6H6Cl5FN3OP3/c7-14-17(9)13-18(10,11)15(8)19(14,12)16-6-4-2-1-3-5-6/h1-5,19H. The summed E-state index contributed by atoms with van der Waals surface area (Å²) in [5, 5.41) is 0.